The first-order valence-corrected chi connectivity index (χ1v) is 11.8. The zero-order valence-electron chi connectivity index (χ0n) is 17.7. The van der Waals surface area contributed by atoms with Crippen LogP contribution >= 0.6 is 23.4 Å². The summed E-state index contributed by atoms with van der Waals surface area (Å²) in [6.45, 7) is 1.79. The summed E-state index contributed by atoms with van der Waals surface area (Å²) in [5.74, 6) is -0.634. The summed E-state index contributed by atoms with van der Waals surface area (Å²) in [5.41, 5.74) is 3.60. The van der Waals surface area contributed by atoms with E-state index in [-0.39, 0.29) is 30.0 Å². The maximum Gasteiger partial charge on any atom is 0.269 e. The van der Waals surface area contributed by atoms with Crippen molar-refractivity contribution in [3.63, 3.8) is 0 Å². The summed E-state index contributed by atoms with van der Waals surface area (Å²) in [6, 6.07) is 21.7. The average molecular weight is 478 g/mol. The Morgan fingerprint density at radius 2 is 1.82 bits per heavy atom. The molecular formula is C25H20ClN3O3S. The number of hydrogen-bond donors (Lipinski definition) is 1. The maximum absolute atomic E-state index is 13.9. The molecule has 1 spiro atoms. The Kier molecular flexibility index (Phi) is 5.38. The number of carbonyl (C=O) groups is 3. The van der Waals surface area contributed by atoms with Crippen molar-refractivity contribution in [1.29, 1.82) is 0 Å². The third kappa shape index (κ3) is 3.57. The van der Waals surface area contributed by atoms with Gasteiger partial charge in [0.1, 0.15) is 6.54 Å². The molecule has 1 atom stereocenters. The van der Waals surface area contributed by atoms with Gasteiger partial charge in [-0.3, -0.25) is 24.2 Å². The molecule has 33 heavy (non-hydrogen) atoms. The van der Waals surface area contributed by atoms with Gasteiger partial charge >= 0.3 is 0 Å². The van der Waals surface area contributed by atoms with Gasteiger partial charge in [0.2, 0.25) is 16.7 Å². The van der Waals surface area contributed by atoms with E-state index in [9.17, 15) is 14.4 Å². The van der Waals surface area contributed by atoms with Gasteiger partial charge in [-0.25, -0.2) is 0 Å². The molecule has 1 unspecified atom stereocenters. The van der Waals surface area contributed by atoms with E-state index in [0.717, 1.165) is 5.56 Å². The van der Waals surface area contributed by atoms with Crippen molar-refractivity contribution in [3.8, 4) is 0 Å². The number of fused-ring (bicyclic) bond motifs is 2. The quantitative estimate of drug-likeness (QED) is 0.597. The molecule has 0 aromatic heterocycles. The van der Waals surface area contributed by atoms with Crippen LogP contribution in [0.2, 0.25) is 5.02 Å². The van der Waals surface area contributed by atoms with Crippen LogP contribution in [0.1, 0.15) is 11.1 Å². The Balaban J connectivity index is 1.51. The van der Waals surface area contributed by atoms with Gasteiger partial charge in [0.15, 0.2) is 0 Å². The molecular weight excluding hydrogens is 458 g/mol. The normalized spacial score (nSPS) is 19.3. The standard InChI is InChI=1S/C25H20ClN3O3S/c1-16-5-4-6-18(13-16)27-22(30)14-28-21-8-3-2-7-20(21)25(24(28)32)29(23(31)15-33-25)19-11-9-17(26)10-12-19/h2-13H,14-15H2,1H3,(H,27,30). The van der Waals surface area contributed by atoms with Crippen LogP contribution in [0, 0.1) is 6.92 Å². The molecule has 5 rings (SSSR count). The number of hydrogen-bond acceptors (Lipinski definition) is 4. The van der Waals surface area contributed by atoms with Gasteiger partial charge in [-0.05, 0) is 55.0 Å². The average Bonchev–Trinajstić information content (AvgIpc) is 3.26. The van der Waals surface area contributed by atoms with E-state index >= 15 is 0 Å². The Morgan fingerprint density at radius 3 is 2.58 bits per heavy atom. The summed E-state index contributed by atoms with van der Waals surface area (Å²) < 4.78 is 0. The topological polar surface area (TPSA) is 69.7 Å². The van der Waals surface area contributed by atoms with Crippen LogP contribution in [-0.4, -0.2) is 30.0 Å². The van der Waals surface area contributed by atoms with Crippen LogP contribution < -0.4 is 15.1 Å². The van der Waals surface area contributed by atoms with Crippen molar-refractivity contribution in [2.45, 2.75) is 11.8 Å². The number of aryl methyl sites for hydroxylation is 1. The molecule has 166 valence electrons. The molecule has 2 heterocycles. The molecule has 6 nitrogen and oxygen atoms in total. The van der Waals surface area contributed by atoms with Crippen LogP contribution in [0.25, 0.3) is 0 Å². The number of para-hydroxylation sites is 1. The number of rotatable bonds is 4. The molecule has 1 fully saturated rings. The minimum Gasteiger partial charge on any atom is -0.325 e. The molecule has 0 saturated carbocycles. The monoisotopic (exact) mass is 477 g/mol. The van der Waals surface area contributed by atoms with E-state index in [0.29, 0.717) is 27.6 Å². The SMILES string of the molecule is Cc1cccc(NC(=O)CN2C(=O)C3(SCC(=O)N3c3ccc(Cl)cc3)c3ccccc32)c1. The minimum absolute atomic E-state index is 0.158. The summed E-state index contributed by atoms with van der Waals surface area (Å²) in [6.07, 6.45) is 0. The lowest BCUT2D eigenvalue weighted by atomic mass is 10.0. The smallest absolute Gasteiger partial charge is 0.269 e. The first kappa shape index (κ1) is 21.6. The van der Waals surface area contributed by atoms with Gasteiger partial charge in [0.25, 0.3) is 5.91 Å². The van der Waals surface area contributed by atoms with E-state index < -0.39 is 4.87 Å². The molecule has 2 aliphatic rings. The summed E-state index contributed by atoms with van der Waals surface area (Å²) in [4.78, 5) is 41.6. The number of nitrogens with zero attached hydrogens (tertiary/aromatic N) is 2. The van der Waals surface area contributed by atoms with Crippen LogP contribution in [0.4, 0.5) is 17.1 Å². The Labute approximate surface area is 200 Å². The Hall–Kier alpha value is -3.29. The highest BCUT2D eigenvalue weighted by Crippen LogP contribution is 2.55. The van der Waals surface area contributed by atoms with Gasteiger partial charge in [0, 0.05) is 22.0 Å². The lowest BCUT2D eigenvalue weighted by Gasteiger charge is -2.33. The van der Waals surface area contributed by atoms with Crippen molar-refractivity contribution in [1.82, 2.24) is 0 Å². The highest BCUT2D eigenvalue weighted by Gasteiger charge is 2.61. The van der Waals surface area contributed by atoms with Crippen molar-refractivity contribution in [2.75, 3.05) is 27.4 Å². The van der Waals surface area contributed by atoms with Crippen molar-refractivity contribution < 1.29 is 14.4 Å². The molecule has 8 heteroatoms. The first-order valence-electron chi connectivity index (χ1n) is 10.4. The minimum atomic E-state index is -1.26. The highest BCUT2D eigenvalue weighted by atomic mass is 35.5. The molecule has 0 bridgehead atoms. The number of nitrogens with one attached hydrogen (secondary N) is 1. The van der Waals surface area contributed by atoms with Crippen LogP contribution in [0.3, 0.4) is 0 Å². The first-order chi connectivity index (χ1) is 15.9. The third-order valence-corrected chi connectivity index (χ3v) is 7.39. The van der Waals surface area contributed by atoms with E-state index in [1.54, 1.807) is 30.3 Å². The van der Waals surface area contributed by atoms with Crippen LogP contribution in [0.15, 0.2) is 72.8 Å². The second-order valence-electron chi connectivity index (χ2n) is 7.96. The van der Waals surface area contributed by atoms with Gasteiger partial charge < -0.3 is 5.32 Å². The summed E-state index contributed by atoms with van der Waals surface area (Å²) >= 11 is 7.32. The molecule has 3 aromatic carbocycles. The number of carbonyl (C=O) groups excluding carboxylic acids is 3. The number of benzene rings is 3. The number of thioether (sulfide) groups is 1. The fourth-order valence-electron chi connectivity index (χ4n) is 4.37. The van der Waals surface area contributed by atoms with E-state index in [1.807, 2.05) is 49.4 Å². The van der Waals surface area contributed by atoms with Crippen LogP contribution in [0.5, 0.6) is 0 Å². The molecule has 2 aliphatic heterocycles. The van der Waals surface area contributed by atoms with Crippen molar-refractivity contribution in [3.05, 3.63) is 88.9 Å². The second-order valence-corrected chi connectivity index (χ2v) is 9.57. The lowest BCUT2D eigenvalue weighted by Crippen LogP contribution is -2.50. The molecule has 3 amide bonds. The van der Waals surface area contributed by atoms with Gasteiger partial charge in [-0.1, -0.05) is 41.9 Å². The maximum atomic E-state index is 13.9. The number of anilines is 3. The zero-order chi connectivity index (χ0) is 23.2. The third-order valence-electron chi connectivity index (χ3n) is 5.75. The molecule has 1 N–H and O–H groups in total. The fraction of sp³-hybridized carbons (Fsp3) is 0.160. The number of amides is 3. The second kappa shape index (κ2) is 8.24. The highest BCUT2D eigenvalue weighted by molar-refractivity contribution is 8.02. The van der Waals surface area contributed by atoms with E-state index in [1.165, 1.54) is 21.6 Å². The van der Waals surface area contributed by atoms with E-state index in [4.69, 9.17) is 11.6 Å². The van der Waals surface area contributed by atoms with Gasteiger partial charge in [-0.2, -0.15) is 0 Å². The Bertz CT molecular complexity index is 1280. The van der Waals surface area contributed by atoms with Crippen LogP contribution in [-0.2, 0) is 19.3 Å². The molecule has 1 saturated heterocycles. The predicted molar refractivity (Wildman–Crippen MR) is 132 cm³/mol. The summed E-state index contributed by atoms with van der Waals surface area (Å²) in [7, 11) is 0. The lowest BCUT2D eigenvalue weighted by molar-refractivity contribution is -0.124. The van der Waals surface area contributed by atoms with Crippen molar-refractivity contribution in [2.24, 2.45) is 0 Å². The molecule has 3 aromatic rings. The van der Waals surface area contributed by atoms with Gasteiger partial charge in [-0.15, -0.1) is 11.8 Å². The largest absolute Gasteiger partial charge is 0.325 e. The Morgan fingerprint density at radius 1 is 1.06 bits per heavy atom. The fourth-order valence-corrected chi connectivity index (χ4v) is 5.86. The molecule has 0 radical (unpaired) electrons. The van der Waals surface area contributed by atoms with Gasteiger partial charge in [0.05, 0.1) is 11.4 Å². The van der Waals surface area contributed by atoms with E-state index in [2.05, 4.69) is 5.32 Å². The molecule has 0 aliphatic carbocycles. The van der Waals surface area contributed by atoms with Crippen molar-refractivity contribution >= 4 is 58.1 Å². The summed E-state index contributed by atoms with van der Waals surface area (Å²) in [5, 5.41) is 3.40. The number of halogens is 1. The predicted octanol–water partition coefficient (Wildman–Crippen LogP) is 4.57. The zero-order valence-corrected chi connectivity index (χ0v) is 19.3.